The van der Waals surface area contributed by atoms with Crippen molar-refractivity contribution in [3.63, 3.8) is 0 Å². The molecular weight excluding hydrogens is 640 g/mol. The van der Waals surface area contributed by atoms with E-state index in [2.05, 4.69) is 13.8 Å². The van der Waals surface area contributed by atoms with Crippen molar-refractivity contribution >= 4 is 5.97 Å². The van der Waals surface area contributed by atoms with Gasteiger partial charge >= 0.3 is 5.97 Å². The van der Waals surface area contributed by atoms with Crippen LogP contribution in [0.15, 0.2) is 11.6 Å². The van der Waals surface area contributed by atoms with Gasteiger partial charge in [-0.1, -0.05) is 13.8 Å². The molecule has 7 rings (SSSR count). The summed E-state index contributed by atoms with van der Waals surface area (Å²) in [5, 5.41) is 65.4. The Morgan fingerprint density at radius 1 is 0.898 bits per heavy atom. The summed E-state index contributed by atoms with van der Waals surface area (Å²) < 4.78 is 35.4. The van der Waals surface area contributed by atoms with Gasteiger partial charge in [-0.3, -0.25) is 0 Å². The van der Waals surface area contributed by atoms with Crippen molar-refractivity contribution in [2.45, 2.75) is 158 Å². The number of aliphatic hydroxyl groups is 6. The van der Waals surface area contributed by atoms with Crippen molar-refractivity contribution in [1.29, 1.82) is 0 Å². The van der Waals surface area contributed by atoms with Crippen LogP contribution in [0.25, 0.3) is 0 Å². The first-order valence-electron chi connectivity index (χ1n) is 18.3. The average Bonchev–Trinajstić information content (AvgIpc) is 3.61. The average molecular weight is 697 g/mol. The molecule has 0 radical (unpaired) electrons. The molecule has 0 spiro atoms. The summed E-state index contributed by atoms with van der Waals surface area (Å²) >= 11 is 0. The van der Waals surface area contributed by atoms with E-state index in [4.69, 9.17) is 28.4 Å². The molecule has 13 nitrogen and oxygen atoms in total. The molecule has 49 heavy (non-hydrogen) atoms. The van der Waals surface area contributed by atoms with Crippen molar-refractivity contribution in [2.24, 2.45) is 28.6 Å². The third-order valence-corrected chi connectivity index (χ3v) is 14.5. The van der Waals surface area contributed by atoms with Crippen molar-refractivity contribution in [2.75, 3.05) is 20.3 Å². The zero-order chi connectivity index (χ0) is 35.1. The number of esters is 1. The van der Waals surface area contributed by atoms with Crippen LogP contribution in [0.5, 0.6) is 0 Å². The fourth-order valence-electron chi connectivity index (χ4n) is 11.5. The van der Waals surface area contributed by atoms with Crippen LogP contribution in [0.3, 0.4) is 0 Å². The van der Waals surface area contributed by atoms with Crippen molar-refractivity contribution in [3.05, 3.63) is 11.6 Å². The first-order valence-corrected chi connectivity index (χ1v) is 18.3. The van der Waals surface area contributed by atoms with E-state index in [1.165, 1.54) is 0 Å². The van der Waals surface area contributed by atoms with E-state index in [0.29, 0.717) is 32.3 Å². The van der Waals surface area contributed by atoms with E-state index in [0.717, 1.165) is 44.1 Å². The summed E-state index contributed by atoms with van der Waals surface area (Å²) in [4.78, 5) is 11.9. The standard InChI is InChI=1S/C36H56O13/c1-18-31(49-32-30(41)29(40)28(39)25(16-37)48-32)24(44-4)14-27(46-18)47-20-5-9-33(2)22-6-10-34(3)21(19-13-26(38)45-17-19)8-12-36(34,43)23(22)7-11-35(33,42)15-20/h13,18,20-25,27-32,37,39-43H,5-12,14-17H2,1-4H3/t18-,20+,21-,22?,23-,24+,25-,27+,28-,29+,30-,31-,32+,33?,34?,35?,36?/m1/s1. The second-order valence-electron chi connectivity index (χ2n) is 16.6. The molecule has 7 aliphatic rings. The predicted octanol–water partition coefficient (Wildman–Crippen LogP) is 1.08. The highest BCUT2D eigenvalue weighted by molar-refractivity contribution is 5.85. The minimum Gasteiger partial charge on any atom is -0.458 e. The number of hydrogen-bond donors (Lipinski definition) is 6. The zero-order valence-electron chi connectivity index (χ0n) is 29.1. The Morgan fingerprint density at radius 3 is 2.33 bits per heavy atom. The molecule has 3 aliphatic heterocycles. The maximum absolute atomic E-state index is 12.5. The number of rotatable bonds is 7. The second kappa shape index (κ2) is 13.0. The number of fused-ring (bicyclic) bond motifs is 5. The van der Waals surface area contributed by atoms with Gasteiger partial charge in [0, 0.05) is 31.4 Å². The van der Waals surface area contributed by atoms with Gasteiger partial charge in [0.2, 0.25) is 0 Å². The van der Waals surface area contributed by atoms with Gasteiger partial charge in [-0.15, -0.1) is 0 Å². The van der Waals surface area contributed by atoms with E-state index >= 15 is 0 Å². The predicted molar refractivity (Wildman–Crippen MR) is 170 cm³/mol. The Kier molecular flexibility index (Phi) is 9.60. The first-order chi connectivity index (χ1) is 23.2. The molecule has 6 fully saturated rings. The quantitative estimate of drug-likeness (QED) is 0.164. The summed E-state index contributed by atoms with van der Waals surface area (Å²) in [5.74, 6) is 0.0783. The number of carbonyl (C=O) groups excluding carboxylic acids is 1. The lowest BCUT2D eigenvalue weighted by atomic mass is 9.42. The van der Waals surface area contributed by atoms with Crippen molar-refractivity contribution < 1.29 is 63.9 Å². The van der Waals surface area contributed by atoms with E-state index in [9.17, 15) is 35.4 Å². The Bertz CT molecular complexity index is 1280. The molecule has 0 aromatic carbocycles. The highest BCUT2D eigenvalue weighted by Gasteiger charge is 2.70. The molecule has 2 saturated heterocycles. The highest BCUT2D eigenvalue weighted by Crippen LogP contribution is 2.70. The van der Waals surface area contributed by atoms with Gasteiger partial charge in [0.15, 0.2) is 12.6 Å². The largest absolute Gasteiger partial charge is 0.458 e. The molecule has 278 valence electrons. The van der Waals surface area contributed by atoms with E-state index in [1.807, 2.05) is 0 Å². The monoisotopic (exact) mass is 696 g/mol. The third kappa shape index (κ3) is 5.65. The summed E-state index contributed by atoms with van der Waals surface area (Å²) in [5.41, 5.74) is -1.52. The van der Waals surface area contributed by atoms with Crippen LogP contribution in [-0.2, 0) is 33.2 Å². The Balaban J connectivity index is 0.994. The molecular formula is C36H56O13. The maximum atomic E-state index is 12.5. The molecule has 0 aromatic heterocycles. The second-order valence-corrected chi connectivity index (χ2v) is 16.6. The Labute approximate surface area is 287 Å². The lowest BCUT2D eigenvalue weighted by Gasteiger charge is -2.66. The van der Waals surface area contributed by atoms with E-state index in [-0.39, 0.29) is 40.7 Å². The minimum absolute atomic E-state index is 0.0724. The number of cyclic esters (lactones) is 1. The topological polar surface area (TPSA) is 194 Å². The Morgan fingerprint density at radius 2 is 1.63 bits per heavy atom. The summed E-state index contributed by atoms with van der Waals surface area (Å²) in [6, 6.07) is 0. The molecule has 0 aromatic rings. The SMILES string of the molecule is CO[C@H]1C[C@H](O[C@H]2CCC3(C)C4CCC5(C)[C@@H](C6=CC(=O)OC6)CCC5(O)[C@@H]4CCC3(O)C2)O[C@H](C)[C@H]1O[C@@H]1O[C@H](CO)[C@@H](O)[C@H](O)[C@H]1O. The van der Waals surface area contributed by atoms with Gasteiger partial charge < -0.3 is 59.1 Å². The molecule has 17 atom stereocenters. The van der Waals surface area contributed by atoms with E-state index < -0.39 is 73.1 Å². The summed E-state index contributed by atoms with van der Waals surface area (Å²) in [6.45, 7) is 5.98. The zero-order valence-corrected chi connectivity index (χ0v) is 29.1. The summed E-state index contributed by atoms with van der Waals surface area (Å²) in [6.07, 6.45) is -1.10. The molecule has 3 heterocycles. The van der Waals surface area contributed by atoms with Crippen LogP contribution in [-0.4, -0.2) is 130 Å². The van der Waals surface area contributed by atoms with Crippen LogP contribution in [0.4, 0.5) is 0 Å². The number of carbonyl (C=O) groups is 1. The van der Waals surface area contributed by atoms with Crippen LogP contribution in [0, 0.1) is 28.6 Å². The van der Waals surface area contributed by atoms with Crippen LogP contribution >= 0.6 is 0 Å². The summed E-state index contributed by atoms with van der Waals surface area (Å²) in [7, 11) is 1.55. The fraction of sp³-hybridized carbons (Fsp3) is 0.917. The van der Waals surface area contributed by atoms with E-state index in [1.54, 1.807) is 20.1 Å². The smallest absolute Gasteiger partial charge is 0.331 e. The molecule has 4 saturated carbocycles. The number of hydrogen-bond acceptors (Lipinski definition) is 13. The van der Waals surface area contributed by atoms with Gasteiger partial charge in [0.1, 0.15) is 37.1 Å². The number of ether oxygens (including phenoxy) is 6. The van der Waals surface area contributed by atoms with Gasteiger partial charge in [-0.05, 0) is 87.0 Å². The van der Waals surface area contributed by atoms with Gasteiger partial charge in [0.05, 0.1) is 36.1 Å². The normalized spacial score (nSPS) is 54.4. The maximum Gasteiger partial charge on any atom is 0.331 e. The molecule has 5 unspecified atom stereocenters. The van der Waals surface area contributed by atoms with Crippen LogP contribution in [0.1, 0.15) is 85.0 Å². The lowest BCUT2D eigenvalue weighted by molar-refractivity contribution is -0.347. The molecule has 13 heteroatoms. The minimum atomic E-state index is -1.56. The third-order valence-electron chi connectivity index (χ3n) is 14.5. The van der Waals surface area contributed by atoms with Crippen LogP contribution < -0.4 is 0 Å². The van der Waals surface area contributed by atoms with Crippen molar-refractivity contribution in [3.8, 4) is 0 Å². The molecule has 4 aliphatic carbocycles. The molecule has 0 amide bonds. The number of aliphatic hydroxyl groups excluding tert-OH is 4. The molecule has 0 bridgehead atoms. The molecule has 6 N–H and O–H groups in total. The van der Waals surface area contributed by atoms with Crippen molar-refractivity contribution in [1.82, 2.24) is 0 Å². The highest BCUT2D eigenvalue weighted by atomic mass is 16.7. The van der Waals surface area contributed by atoms with Gasteiger partial charge in [0.25, 0.3) is 0 Å². The van der Waals surface area contributed by atoms with Gasteiger partial charge in [-0.25, -0.2) is 4.79 Å². The van der Waals surface area contributed by atoms with Gasteiger partial charge in [-0.2, -0.15) is 0 Å². The Hall–Kier alpha value is -1.23. The fourth-order valence-corrected chi connectivity index (χ4v) is 11.5. The number of methoxy groups -OCH3 is 1. The first kappa shape index (κ1) is 36.1. The lowest BCUT2D eigenvalue weighted by Crippen LogP contribution is -2.67. The van der Waals surface area contributed by atoms with Crippen LogP contribution in [0.2, 0.25) is 0 Å².